The summed E-state index contributed by atoms with van der Waals surface area (Å²) in [4.78, 5) is 9.25. The van der Waals surface area contributed by atoms with E-state index in [9.17, 15) is 0 Å². The van der Waals surface area contributed by atoms with Crippen LogP contribution in [0.15, 0.2) is 85.1 Å². The van der Waals surface area contributed by atoms with Crippen LogP contribution >= 0.6 is 0 Å². The van der Waals surface area contributed by atoms with Gasteiger partial charge in [0.15, 0.2) is 0 Å². The molecule has 1 saturated carbocycles. The minimum absolute atomic E-state index is 0.591. The predicted octanol–water partition coefficient (Wildman–Crippen LogP) is 7.42. The highest BCUT2D eigenvalue weighted by Gasteiger charge is 2.35. The van der Waals surface area contributed by atoms with Gasteiger partial charge in [-0.25, -0.2) is 9.97 Å². The van der Waals surface area contributed by atoms with Crippen LogP contribution in [0.2, 0.25) is 0 Å². The number of ether oxygens (including phenoxy) is 1. The van der Waals surface area contributed by atoms with Gasteiger partial charge in [-0.05, 0) is 42.5 Å². The number of methoxy groups -OCH3 is 1. The van der Waals surface area contributed by atoms with E-state index in [0.29, 0.717) is 17.7 Å². The van der Waals surface area contributed by atoms with Gasteiger partial charge in [0.05, 0.1) is 18.1 Å². The second kappa shape index (κ2) is 10.7. The third-order valence-corrected chi connectivity index (χ3v) is 7.04. The highest BCUT2D eigenvalue weighted by atomic mass is 16.5. The lowest BCUT2D eigenvalue weighted by molar-refractivity contribution is 0.398. The molecule has 1 unspecified atom stereocenters. The molecule has 3 heterocycles. The van der Waals surface area contributed by atoms with Crippen molar-refractivity contribution < 1.29 is 4.74 Å². The molecule has 174 valence electrons. The van der Waals surface area contributed by atoms with Gasteiger partial charge < -0.3 is 9.30 Å². The molecular formula is C30H33N3O. The summed E-state index contributed by atoms with van der Waals surface area (Å²) >= 11 is 0. The SMILES string of the molecule is C1CCC1.COc1ccc(-c2ccc3nc4n(c3c2)C[C@H]2CC=CCC42)cn1.c1ccccc1. The number of imidazole rings is 1. The van der Waals surface area contributed by atoms with Crippen LogP contribution in [-0.2, 0) is 6.54 Å². The summed E-state index contributed by atoms with van der Waals surface area (Å²) < 4.78 is 7.58. The van der Waals surface area contributed by atoms with E-state index in [4.69, 9.17) is 9.72 Å². The van der Waals surface area contributed by atoms with E-state index in [2.05, 4.69) is 46.0 Å². The van der Waals surface area contributed by atoms with Crippen LogP contribution in [0.5, 0.6) is 5.88 Å². The van der Waals surface area contributed by atoms with Crippen LogP contribution in [0.25, 0.3) is 22.2 Å². The molecule has 4 heteroatoms. The molecule has 1 fully saturated rings. The van der Waals surface area contributed by atoms with Gasteiger partial charge >= 0.3 is 0 Å². The highest BCUT2D eigenvalue weighted by Crippen LogP contribution is 2.42. The number of pyridine rings is 1. The summed E-state index contributed by atoms with van der Waals surface area (Å²) in [6.45, 7) is 1.09. The molecule has 2 atom stereocenters. The number of allylic oxidation sites excluding steroid dienone is 2. The van der Waals surface area contributed by atoms with Crippen LogP contribution in [0.4, 0.5) is 0 Å². The first-order chi connectivity index (χ1) is 16.8. The molecule has 0 spiro atoms. The Morgan fingerprint density at radius 1 is 0.824 bits per heavy atom. The summed E-state index contributed by atoms with van der Waals surface area (Å²) in [6.07, 6.45) is 14.8. The maximum absolute atomic E-state index is 5.15. The lowest BCUT2D eigenvalue weighted by Crippen LogP contribution is -2.10. The van der Waals surface area contributed by atoms with Gasteiger partial charge in [0.2, 0.25) is 5.88 Å². The van der Waals surface area contributed by atoms with Crippen LogP contribution in [0.1, 0.15) is 50.3 Å². The van der Waals surface area contributed by atoms with Crippen LogP contribution in [0.3, 0.4) is 0 Å². The number of benzene rings is 2. The summed E-state index contributed by atoms with van der Waals surface area (Å²) in [7, 11) is 1.64. The molecule has 2 aromatic carbocycles. The Balaban J connectivity index is 0.000000199. The third-order valence-electron chi connectivity index (χ3n) is 7.04. The van der Waals surface area contributed by atoms with E-state index in [-0.39, 0.29) is 0 Å². The maximum Gasteiger partial charge on any atom is 0.212 e. The van der Waals surface area contributed by atoms with Crippen molar-refractivity contribution in [2.24, 2.45) is 5.92 Å². The Bertz CT molecular complexity index is 1190. The minimum atomic E-state index is 0.591. The van der Waals surface area contributed by atoms with Gasteiger partial charge in [-0.3, -0.25) is 0 Å². The van der Waals surface area contributed by atoms with Crippen LogP contribution in [0, 0.1) is 5.92 Å². The fourth-order valence-corrected chi connectivity index (χ4v) is 4.73. The lowest BCUT2D eigenvalue weighted by atomic mass is 9.85. The molecule has 0 N–H and O–H groups in total. The quantitative estimate of drug-likeness (QED) is 0.298. The number of aromatic nitrogens is 3. The second-order valence-electron chi connectivity index (χ2n) is 9.25. The average Bonchev–Trinajstić information content (AvgIpc) is 3.40. The molecule has 4 aromatic rings. The number of hydrogen-bond donors (Lipinski definition) is 0. The molecule has 1 aliphatic heterocycles. The van der Waals surface area contributed by atoms with E-state index >= 15 is 0 Å². The second-order valence-corrected chi connectivity index (χ2v) is 9.25. The van der Waals surface area contributed by atoms with Crippen molar-refractivity contribution in [2.75, 3.05) is 7.11 Å². The standard InChI is InChI=1S/C20H19N3O.C6H6.C4H8/c1-24-19-9-7-14(11-21-19)13-6-8-17-18(10-13)23-12-15-4-2-3-5-16(15)20(23)22-17;1-2-4-6-5-3-1;1-2-4-3-1/h2-3,6-11,15-16H,4-5,12H2,1H3;1-6H;1-4H2/t15-,16?;;/m1../s1. The molecule has 2 aliphatic carbocycles. The van der Waals surface area contributed by atoms with E-state index in [1.165, 1.54) is 49.0 Å². The smallest absolute Gasteiger partial charge is 0.212 e. The molecule has 0 saturated heterocycles. The van der Waals surface area contributed by atoms with Crippen LogP contribution in [-0.4, -0.2) is 21.6 Å². The molecule has 0 amide bonds. The first-order valence-corrected chi connectivity index (χ1v) is 12.5. The first kappa shape index (κ1) is 22.4. The van der Waals surface area contributed by atoms with E-state index in [1.54, 1.807) is 7.11 Å². The van der Waals surface area contributed by atoms with Gasteiger partial charge in [0, 0.05) is 30.3 Å². The first-order valence-electron chi connectivity index (χ1n) is 12.5. The van der Waals surface area contributed by atoms with Crippen LogP contribution < -0.4 is 4.74 Å². The molecular weight excluding hydrogens is 418 g/mol. The Morgan fingerprint density at radius 2 is 1.50 bits per heavy atom. The molecule has 7 rings (SSSR count). The zero-order valence-corrected chi connectivity index (χ0v) is 19.9. The fourth-order valence-electron chi connectivity index (χ4n) is 4.73. The molecule has 4 nitrogen and oxygen atoms in total. The van der Waals surface area contributed by atoms with Gasteiger partial charge in [-0.2, -0.15) is 0 Å². The van der Waals surface area contributed by atoms with Crippen molar-refractivity contribution in [2.45, 2.75) is 51.0 Å². The summed E-state index contributed by atoms with van der Waals surface area (Å²) in [5, 5.41) is 0. The average molecular weight is 452 g/mol. The molecule has 0 bridgehead atoms. The molecule has 3 aliphatic rings. The van der Waals surface area contributed by atoms with Crippen molar-refractivity contribution in [1.82, 2.24) is 14.5 Å². The Labute approximate surface area is 202 Å². The zero-order valence-electron chi connectivity index (χ0n) is 19.9. The Morgan fingerprint density at radius 3 is 2.12 bits per heavy atom. The van der Waals surface area contributed by atoms with Crippen molar-refractivity contribution in [1.29, 1.82) is 0 Å². The number of hydrogen-bond acceptors (Lipinski definition) is 3. The van der Waals surface area contributed by atoms with Crippen molar-refractivity contribution in [3.05, 3.63) is 90.9 Å². The number of nitrogens with zero attached hydrogens (tertiary/aromatic N) is 3. The lowest BCUT2D eigenvalue weighted by Gasteiger charge is -2.19. The summed E-state index contributed by atoms with van der Waals surface area (Å²) in [5.74, 6) is 3.22. The number of fused-ring (bicyclic) bond motifs is 5. The molecule has 2 aromatic heterocycles. The minimum Gasteiger partial charge on any atom is -0.481 e. The Hall–Kier alpha value is -3.40. The summed E-state index contributed by atoms with van der Waals surface area (Å²) in [5.41, 5.74) is 4.62. The van der Waals surface area contributed by atoms with Gasteiger partial charge in [0.25, 0.3) is 0 Å². The molecule has 0 radical (unpaired) electrons. The van der Waals surface area contributed by atoms with E-state index in [0.717, 1.165) is 24.0 Å². The monoisotopic (exact) mass is 451 g/mol. The number of rotatable bonds is 2. The predicted molar refractivity (Wildman–Crippen MR) is 139 cm³/mol. The molecule has 34 heavy (non-hydrogen) atoms. The van der Waals surface area contributed by atoms with Gasteiger partial charge in [-0.15, -0.1) is 0 Å². The van der Waals surface area contributed by atoms with E-state index in [1.807, 2.05) is 48.7 Å². The fraction of sp³-hybridized carbons (Fsp3) is 0.333. The topological polar surface area (TPSA) is 39.9 Å². The normalized spacial score (nSPS) is 19.6. The Kier molecular flexibility index (Phi) is 7.04. The van der Waals surface area contributed by atoms with Crippen molar-refractivity contribution in [3.8, 4) is 17.0 Å². The zero-order chi connectivity index (χ0) is 23.2. The summed E-state index contributed by atoms with van der Waals surface area (Å²) in [6, 6.07) is 22.5. The largest absolute Gasteiger partial charge is 0.481 e. The van der Waals surface area contributed by atoms with Gasteiger partial charge in [-0.1, -0.05) is 80.3 Å². The third kappa shape index (κ3) is 4.91. The van der Waals surface area contributed by atoms with Gasteiger partial charge in [0.1, 0.15) is 5.82 Å². The van der Waals surface area contributed by atoms with Crippen molar-refractivity contribution >= 4 is 11.0 Å². The maximum atomic E-state index is 5.15. The highest BCUT2D eigenvalue weighted by molar-refractivity contribution is 5.83. The van der Waals surface area contributed by atoms with Crippen molar-refractivity contribution in [3.63, 3.8) is 0 Å². The van der Waals surface area contributed by atoms with E-state index < -0.39 is 0 Å².